The average molecular weight is 200 g/mol. The Kier molecular flexibility index (Phi) is 3.31. The fourth-order valence-corrected chi connectivity index (χ4v) is 1.57. The molecule has 0 amide bonds. The van der Waals surface area contributed by atoms with E-state index in [0.29, 0.717) is 6.54 Å². The van der Waals surface area contributed by atoms with Crippen LogP contribution in [0.25, 0.3) is 0 Å². The van der Waals surface area contributed by atoms with Crippen molar-refractivity contribution < 1.29 is 5.21 Å². The first-order chi connectivity index (χ1) is 6.00. The highest BCUT2D eigenvalue weighted by Crippen LogP contribution is 2.23. The van der Waals surface area contributed by atoms with E-state index >= 15 is 0 Å². The average Bonchev–Trinajstić information content (AvgIpc) is 1.98. The minimum absolute atomic E-state index is 0.460. The first-order valence-corrected chi connectivity index (χ1v) is 4.54. The molecule has 0 aromatic heterocycles. The first-order valence-electron chi connectivity index (χ1n) is 4.16. The number of nitrogens with zero attached hydrogens (tertiary/aromatic N) is 1. The summed E-state index contributed by atoms with van der Waals surface area (Å²) in [4.78, 5) is 0. The molecule has 0 fully saturated rings. The highest BCUT2D eigenvalue weighted by Gasteiger charge is 2.05. The van der Waals surface area contributed by atoms with E-state index in [1.165, 1.54) is 5.56 Å². The molecule has 72 valence electrons. The third kappa shape index (κ3) is 2.69. The molecule has 1 aromatic rings. The molecule has 0 saturated carbocycles. The SMILES string of the molecule is Cc1cc(C)c(Cl)c(CN(C)O)c1. The summed E-state index contributed by atoms with van der Waals surface area (Å²) in [7, 11) is 1.61. The highest BCUT2D eigenvalue weighted by molar-refractivity contribution is 6.32. The molecule has 3 heteroatoms. The van der Waals surface area contributed by atoms with E-state index < -0.39 is 0 Å². The van der Waals surface area contributed by atoms with E-state index in [2.05, 4.69) is 0 Å². The van der Waals surface area contributed by atoms with Crippen molar-refractivity contribution in [1.29, 1.82) is 0 Å². The van der Waals surface area contributed by atoms with E-state index in [4.69, 9.17) is 16.8 Å². The van der Waals surface area contributed by atoms with Crippen LogP contribution < -0.4 is 0 Å². The normalized spacial score (nSPS) is 10.9. The van der Waals surface area contributed by atoms with Crippen molar-refractivity contribution in [3.8, 4) is 0 Å². The summed E-state index contributed by atoms with van der Waals surface area (Å²) in [5.74, 6) is 0. The molecule has 0 atom stereocenters. The van der Waals surface area contributed by atoms with Gasteiger partial charge in [0.1, 0.15) is 0 Å². The second-order valence-electron chi connectivity index (χ2n) is 3.37. The van der Waals surface area contributed by atoms with E-state index in [9.17, 15) is 0 Å². The fraction of sp³-hybridized carbons (Fsp3) is 0.400. The summed E-state index contributed by atoms with van der Waals surface area (Å²) in [6.45, 7) is 4.45. The van der Waals surface area contributed by atoms with Gasteiger partial charge in [0, 0.05) is 18.6 Å². The van der Waals surface area contributed by atoms with Gasteiger partial charge in [0.2, 0.25) is 0 Å². The maximum absolute atomic E-state index is 9.09. The van der Waals surface area contributed by atoms with Gasteiger partial charge >= 0.3 is 0 Å². The smallest absolute Gasteiger partial charge is 0.0500 e. The molecule has 1 rings (SSSR count). The lowest BCUT2D eigenvalue weighted by Gasteiger charge is -2.12. The topological polar surface area (TPSA) is 23.5 Å². The Balaban J connectivity index is 3.05. The molecule has 0 bridgehead atoms. The van der Waals surface area contributed by atoms with Gasteiger partial charge in [-0.1, -0.05) is 29.3 Å². The molecule has 0 radical (unpaired) electrons. The molecule has 1 aromatic carbocycles. The molecular weight excluding hydrogens is 186 g/mol. The second-order valence-corrected chi connectivity index (χ2v) is 3.75. The van der Waals surface area contributed by atoms with Crippen LogP contribution in [0.2, 0.25) is 5.02 Å². The minimum atomic E-state index is 0.460. The van der Waals surface area contributed by atoms with Crippen LogP contribution in [0.15, 0.2) is 12.1 Å². The molecule has 0 spiro atoms. The van der Waals surface area contributed by atoms with E-state index in [1.54, 1.807) is 7.05 Å². The zero-order valence-electron chi connectivity index (χ0n) is 8.13. The molecule has 13 heavy (non-hydrogen) atoms. The number of rotatable bonds is 2. The molecule has 0 aliphatic rings. The lowest BCUT2D eigenvalue weighted by atomic mass is 10.1. The maximum atomic E-state index is 9.09. The maximum Gasteiger partial charge on any atom is 0.0500 e. The number of halogens is 1. The predicted molar refractivity (Wildman–Crippen MR) is 54.2 cm³/mol. The molecule has 0 unspecified atom stereocenters. The van der Waals surface area contributed by atoms with Gasteiger partial charge in [0.25, 0.3) is 0 Å². The van der Waals surface area contributed by atoms with E-state index in [-0.39, 0.29) is 0 Å². The molecule has 2 nitrogen and oxygen atoms in total. The van der Waals surface area contributed by atoms with Crippen molar-refractivity contribution in [2.45, 2.75) is 20.4 Å². The zero-order chi connectivity index (χ0) is 10.0. The predicted octanol–water partition coefficient (Wildman–Crippen LogP) is 2.78. The number of hydrogen-bond acceptors (Lipinski definition) is 2. The van der Waals surface area contributed by atoms with Crippen molar-refractivity contribution >= 4 is 11.6 Å². The van der Waals surface area contributed by atoms with Crippen molar-refractivity contribution in [2.24, 2.45) is 0 Å². The van der Waals surface area contributed by atoms with Crippen LogP contribution in [0.3, 0.4) is 0 Å². The van der Waals surface area contributed by atoms with Crippen LogP contribution in [0.4, 0.5) is 0 Å². The second kappa shape index (κ2) is 4.09. The zero-order valence-corrected chi connectivity index (χ0v) is 8.89. The van der Waals surface area contributed by atoms with Crippen LogP contribution in [0.1, 0.15) is 16.7 Å². The quantitative estimate of drug-likeness (QED) is 0.741. The fourth-order valence-electron chi connectivity index (χ4n) is 1.40. The Morgan fingerprint density at radius 3 is 2.54 bits per heavy atom. The Labute approximate surface area is 83.7 Å². The number of aryl methyl sites for hydroxylation is 2. The van der Waals surface area contributed by atoms with Gasteiger partial charge in [-0.05, 0) is 25.0 Å². The molecule has 0 saturated heterocycles. The summed E-state index contributed by atoms with van der Waals surface area (Å²) in [5, 5.41) is 11.0. The van der Waals surface area contributed by atoms with E-state index in [1.807, 2.05) is 26.0 Å². The largest absolute Gasteiger partial charge is 0.314 e. The van der Waals surface area contributed by atoms with Gasteiger partial charge < -0.3 is 5.21 Å². The summed E-state index contributed by atoms with van der Waals surface area (Å²) < 4.78 is 0. The molecule has 1 N–H and O–H groups in total. The highest BCUT2D eigenvalue weighted by atomic mass is 35.5. The monoisotopic (exact) mass is 199 g/mol. The van der Waals surface area contributed by atoms with Crippen LogP contribution in [-0.2, 0) is 6.54 Å². The van der Waals surface area contributed by atoms with Gasteiger partial charge in [0.15, 0.2) is 0 Å². The molecule has 0 aliphatic carbocycles. The van der Waals surface area contributed by atoms with Crippen LogP contribution in [0.5, 0.6) is 0 Å². The third-order valence-electron chi connectivity index (χ3n) is 1.87. The van der Waals surface area contributed by atoms with Crippen LogP contribution in [0, 0.1) is 13.8 Å². The molecule has 0 heterocycles. The van der Waals surface area contributed by atoms with Crippen LogP contribution in [-0.4, -0.2) is 17.3 Å². The van der Waals surface area contributed by atoms with Crippen molar-refractivity contribution in [3.05, 3.63) is 33.8 Å². The minimum Gasteiger partial charge on any atom is -0.314 e. The molecular formula is C10H14ClNO. The first kappa shape index (κ1) is 10.5. The summed E-state index contributed by atoms with van der Waals surface area (Å²) in [5.41, 5.74) is 3.18. The van der Waals surface area contributed by atoms with Gasteiger partial charge in [-0.15, -0.1) is 0 Å². The standard InChI is InChI=1S/C10H14ClNO/c1-7-4-8(2)10(11)9(5-7)6-12(3)13/h4-5,13H,6H2,1-3H3. The van der Waals surface area contributed by atoms with Gasteiger partial charge in [0.05, 0.1) is 0 Å². The Morgan fingerprint density at radius 1 is 1.38 bits per heavy atom. The Hall–Kier alpha value is -0.570. The summed E-state index contributed by atoms with van der Waals surface area (Å²) >= 11 is 6.07. The van der Waals surface area contributed by atoms with Gasteiger partial charge in [-0.3, -0.25) is 0 Å². The summed E-state index contributed by atoms with van der Waals surface area (Å²) in [6, 6.07) is 4.02. The Bertz CT molecular complexity index is 310. The van der Waals surface area contributed by atoms with Crippen molar-refractivity contribution in [3.63, 3.8) is 0 Å². The van der Waals surface area contributed by atoms with Crippen LogP contribution >= 0.6 is 11.6 Å². The number of benzene rings is 1. The Morgan fingerprint density at radius 2 is 2.00 bits per heavy atom. The van der Waals surface area contributed by atoms with Crippen molar-refractivity contribution in [2.75, 3.05) is 7.05 Å². The summed E-state index contributed by atoms with van der Waals surface area (Å²) in [6.07, 6.45) is 0. The lowest BCUT2D eigenvalue weighted by molar-refractivity contribution is -0.0731. The van der Waals surface area contributed by atoms with Crippen molar-refractivity contribution in [1.82, 2.24) is 5.06 Å². The van der Waals surface area contributed by atoms with Gasteiger partial charge in [-0.2, -0.15) is 5.06 Å². The number of hydroxylamine groups is 2. The third-order valence-corrected chi connectivity index (χ3v) is 2.41. The van der Waals surface area contributed by atoms with Gasteiger partial charge in [-0.25, -0.2) is 0 Å². The molecule has 0 aliphatic heterocycles. The number of hydrogen-bond donors (Lipinski definition) is 1. The lowest BCUT2D eigenvalue weighted by Crippen LogP contribution is -2.12. The van der Waals surface area contributed by atoms with E-state index in [0.717, 1.165) is 21.2 Å².